The van der Waals surface area contributed by atoms with Gasteiger partial charge in [0.15, 0.2) is 0 Å². The maximum absolute atomic E-state index is 13.3. The molecule has 1 saturated carbocycles. The van der Waals surface area contributed by atoms with Crippen LogP contribution in [-0.4, -0.2) is 21.9 Å². The summed E-state index contributed by atoms with van der Waals surface area (Å²) in [6.07, 6.45) is 3.81. The number of halogens is 4. The van der Waals surface area contributed by atoms with Gasteiger partial charge in [-0.15, -0.1) is 0 Å². The minimum Gasteiger partial charge on any atom is -0.439 e. The molecule has 1 aromatic carbocycles. The second-order valence-electron chi connectivity index (χ2n) is 8.00. The number of hydrogen-bond donors (Lipinski definition) is 1. The van der Waals surface area contributed by atoms with E-state index in [1.807, 2.05) is 12.1 Å². The van der Waals surface area contributed by atoms with Crippen molar-refractivity contribution in [2.24, 2.45) is 0 Å². The zero-order valence-corrected chi connectivity index (χ0v) is 18.0. The predicted molar refractivity (Wildman–Crippen MR) is 118 cm³/mol. The number of carbonyl (C=O) groups is 1. The zero-order valence-electron chi connectivity index (χ0n) is 18.0. The molecule has 34 heavy (non-hydrogen) atoms. The van der Waals surface area contributed by atoms with Crippen LogP contribution in [-0.2, 0) is 6.18 Å². The van der Waals surface area contributed by atoms with E-state index in [2.05, 4.69) is 15.3 Å². The molecule has 0 bridgehead atoms. The molecule has 2 heterocycles. The standard InChI is InChI=1S/C25H21F4N3O2/c26-20-12-18(13-30-15-20)24(33)32-21-7-4-16(5-8-21)10-17-2-1-3-22(11-17)34-23-9-6-19(14-31-23)25(27,28)29/h1-3,6,9-15,21H,4-5,7-8H2,(H,32,33). The molecule has 0 saturated heterocycles. The normalized spacial score (nSPS) is 16.1. The topological polar surface area (TPSA) is 64.1 Å². The number of amides is 1. The van der Waals surface area contributed by atoms with Gasteiger partial charge in [0.1, 0.15) is 11.6 Å². The van der Waals surface area contributed by atoms with Crippen molar-refractivity contribution in [2.45, 2.75) is 37.9 Å². The van der Waals surface area contributed by atoms with Crippen LogP contribution in [0.4, 0.5) is 17.6 Å². The molecule has 0 spiro atoms. The fourth-order valence-electron chi connectivity index (χ4n) is 3.71. The fourth-order valence-corrected chi connectivity index (χ4v) is 3.71. The highest BCUT2D eigenvalue weighted by Gasteiger charge is 2.30. The molecule has 1 aliphatic rings. The van der Waals surface area contributed by atoms with E-state index in [1.54, 1.807) is 18.2 Å². The van der Waals surface area contributed by atoms with Gasteiger partial charge in [-0.25, -0.2) is 9.37 Å². The Labute approximate surface area is 193 Å². The van der Waals surface area contributed by atoms with E-state index in [1.165, 1.54) is 17.8 Å². The molecular formula is C25H21F4N3O2. The third-order valence-corrected chi connectivity index (χ3v) is 5.45. The van der Waals surface area contributed by atoms with Crippen LogP contribution >= 0.6 is 0 Å². The van der Waals surface area contributed by atoms with Crippen LogP contribution in [0.3, 0.4) is 0 Å². The van der Waals surface area contributed by atoms with Crippen LogP contribution in [0.15, 0.2) is 66.6 Å². The first kappa shape index (κ1) is 23.4. The summed E-state index contributed by atoms with van der Waals surface area (Å²) in [7, 11) is 0. The number of hydrogen-bond acceptors (Lipinski definition) is 4. The van der Waals surface area contributed by atoms with Crippen molar-refractivity contribution in [3.63, 3.8) is 0 Å². The Bertz CT molecular complexity index is 1180. The minimum atomic E-state index is -4.45. The Kier molecular flexibility index (Phi) is 6.90. The van der Waals surface area contributed by atoms with Crippen molar-refractivity contribution in [1.82, 2.24) is 15.3 Å². The van der Waals surface area contributed by atoms with E-state index in [4.69, 9.17) is 4.74 Å². The summed E-state index contributed by atoms with van der Waals surface area (Å²) in [5.74, 6) is -0.359. The zero-order chi connectivity index (χ0) is 24.1. The highest BCUT2D eigenvalue weighted by Crippen LogP contribution is 2.31. The molecule has 9 heteroatoms. The molecule has 5 nitrogen and oxygen atoms in total. The Hall–Kier alpha value is -3.75. The first-order valence-corrected chi connectivity index (χ1v) is 10.7. The Morgan fingerprint density at radius 3 is 2.53 bits per heavy atom. The van der Waals surface area contributed by atoms with E-state index in [0.29, 0.717) is 5.75 Å². The van der Waals surface area contributed by atoms with Crippen LogP contribution in [0, 0.1) is 5.82 Å². The predicted octanol–water partition coefficient (Wildman–Crippen LogP) is 6.18. The van der Waals surface area contributed by atoms with Gasteiger partial charge in [-0.2, -0.15) is 13.2 Å². The molecule has 0 atom stereocenters. The molecule has 0 radical (unpaired) electrons. The molecular weight excluding hydrogens is 450 g/mol. The highest BCUT2D eigenvalue weighted by atomic mass is 19.4. The molecule has 1 amide bonds. The quantitative estimate of drug-likeness (QED) is 0.451. The maximum atomic E-state index is 13.3. The van der Waals surface area contributed by atoms with Crippen LogP contribution in [0.1, 0.15) is 47.2 Å². The number of ether oxygens (including phenoxy) is 1. The summed E-state index contributed by atoms with van der Waals surface area (Å²) >= 11 is 0. The van der Waals surface area contributed by atoms with Gasteiger partial charge in [0.05, 0.1) is 17.3 Å². The summed E-state index contributed by atoms with van der Waals surface area (Å²) in [6.45, 7) is 0. The first-order valence-electron chi connectivity index (χ1n) is 10.7. The molecule has 176 valence electrons. The molecule has 1 fully saturated rings. The second kappa shape index (κ2) is 10.0. The third-order valence-electron chi connectivity index (χ3n) is 5.45. The van der Waals surface area contributed by atoms with E-state index >= 15 is 0 Å². The van der Waals surface area contributed by atoms with Crippen molar-refractivity contribution < 1.29 is 27.1 Å². The molecule has 0 aliphatic heterocycles. The Balaban J connectivity index is 1.33. The lowest BCUT2D eigenvalue weighted by Gasteiger charge is -2.25. The average Bonchev–Trinajstić information content (AvgIpc) is 2.80. The number of carbonyl (C=O) groups excluding carboxylic acids is 1. The fraction of sp³-hybridized carbons (Fsp3) is 0.240. The molecule has 1 aliphatic carbocycles. The average molecular weight is 471 g/mol. The molecule has 4 rings (SSSR count). The second-order valence-corrected chi connectivity index (χ2v) is 8.00. The number of pyridine rings is 2. The highest BCUT2D eigenvalue weighted by molar-refractivity contribution is 5.94. The number of allylic oxidation sites excluding steroid dienone is 1. The van der Waals surface area contributed by atoms with Crippen molar-refractivity contribution in [1.29, 1.82) is 0 Å². The van der Waals surface area contributed by atoms with Gasteiger partial charge in [-0.05, 0) is 55.5 Å². The van der Waals surface area contributed by atoms with Gasteiger partial charge in [-0.1, -0.05) is 23.8 Å². The summed E-state index contributed by atoms with van der Waals surface area (Å²) in [4.78, 5) is 19.7. The van der Waals surface area contributed by atoms with Crippen molar-refractivity contribution in [2.75, 3.05) is 0 Å². The largest absolute Gasteiger partial charge is 0.439 e. The van der Waals surface area contributed by atoms with Crippen molar-refractivity contribution in [3.05, 3.63) is 89.1 Å². The number of nitrogens with one attached hydrogen (secondary N) is 1. The van der Waals surface area contributed by atoms with Crippen molar-refractivity contribution in [3.8, 4) is 11.6 Å². The number of nitrogens with zero attached hydrogens (tertiary/aromatic N) is 2. The monoisotopic (exact) mass is 471 g/mol. The van der Waals surface area contributed by atoms with Gasteiger partial charge in [0.2, 0.25) is 5.88 Å². The number of benzene rings is 1. The summed E-state index contributed by atoms with van der Waals surface area (Å²) in [6, 6.07) is 10.5. The number of alkyl halides is 3. The SMILES string of the molecule is O=C(NC1CCC(=Cc2cccc(Oc3ccc(C(F)(F)F)cn3)c2)CC1)c1cncc(F)c1. The maximum Gasteiger partial charge on any atom is 0.417 e. The van der Waals surface area contributed by atoms with Crippen LogP contribution < -0.4 is 10.1 Å². The van der Waals surface area contributed by atoms with Crippen molar-refractivity contribution >= 4 is 12.0 Å². The van der Waals surface area contributed by atoms with Gasteiger partial charge >= 0.3 is 6.18 Å². The molecule has 1 N–H and O–H groups in total. The third kappa shape index (κ3) is 6.18. The molecule has 2 aromatic heterocycles. The lowest BCUT2D eigenvalue weighted by Crippen LogP contribution is -2.36. The summed E-state index contributed by atoms with van der Waals surface area (Å²) in [5, 5.41) is 2.93. The number of rotatable bonds is 5. The minimum absolute atomic E-state index is 0.00618. The lowest BCUT2D eigenvalue weighted by molar-refractivity contribution is -0.137. The van der Waals surface area contributed by atoms with Crippen LogP contribution in [0.5, 0.6) is 11.6 Å². The van der Waals surface area contributed by atoms with Gasteiger partial charge < -0.3 is 10.1 Å². The summed E-state index contributed by atoms with van der Waals surface area (Å²) < 4.78 is 56.9. The first-order chi connectivity index (χ1) is 16.3. The smallest absolute Gasteiger partial charge is 0.417 e. The Morgan fingerprint density at radius 2 is 1.85 bits per heavy atom. The van der Waals surface area contributed by atoms with E-state index in [9.17, 15) is 22.4 Å². The van der Waals surface area contributed by atoms with E-state index in [-0.39, 0.29) is 23.4 Å². The molecule has 0 unspecified atom stereocenters. The number of aromatic nitrogens is 2. The Morgan fingerprint density at radius 1 is 1.06 bits per heavy atom. The van der Waals surface area contributed by atoms with Crippen LogP contribution in [0.25, 0.3) is 6.08 Å². The van der Waals surface area contributed by atoms with Gasteiger partial charge in [0.25, 0.3) is 5.91 Å². The van der Waals surface area contributed by atoms with E-state index in [0.717, 1.165) is 55.8 Å². The molecule has 3 aromatic rings. The summed E-state index contributed by atoms with van der Waals surface area (Å²) in [5.41, 5.74) is 1.47. The van der Waals surface area contributed by atoms with Crippen LogP contribution in [0.2, 0.25) is 0 Å². The van der Waals surface area contributed by atoms with Gasteiger partial charge in [0, 0.05) is 24.5 Å². The van der Waals surface area contributed by atoms with Gasteiger partial charge in [-0.3, -0.25) is 9.78 Å². The lowest BCUT2D eigenvalue weighted by atomic mass is 9.89. The van der Waals surface area contributed by atoms with E-state index < -0.39 is 17.6 Å².